The zero-order valence-electron chi connectivity index (χ0n) is 14.1. The Kier molecular flexibility index (Phi) is 3.99. The van der Waals surface area contributed by atoms with Gasteiger partial charge in [0.2, 0.25) is 18.6 Å². The van der Waals surface area contributed by atoms with Gasteiger partial charge in [0.15, 0.2) is 11.5 Å². The van der Waals surface area contributed by atoms with Crippen molar-refractivity contribution in [3.8, 4) is 11.5 Å². The molecule has 7 heteroatoms. The summed E-state index contributed by atoms with van der Waals surface area (Å²) in [5.41, 5.74) is 1.88. The van der Waals surface area contributed by atoms with E-state index >= 15 is 0 Å². The summed E-state index contributed by atoms with van der Waals surface area (Å²) < 4.78 is 24.1. The molecule has 0 saturated heterocycles. The quantitative estimate of drug-likeness (QED) is 0.918. The lowest BCUT2D eigenvalue weighted by Crippen LogP contribution is -2.36. The van der Waals surface area contributed by atoms with E-state index in [0.717, 1.165) is 5.56 Å². The summed E-state index contributed by atoms with van der Waals surface area (Å²) in [5.74, 6) is -0.226. The number of nitrogens with one attached hydrogen (secondary N) is 1. The number of hydrogen-bond acceptors (Lipinski definition) is 4. The SMILES string of the molecule is CN(Cc1ccc2c(c1)OCO2)C(=O)C1CC(=O)Nc2cc(F)ccc21. The molecule has 26 heavy (non-hydrogen) atoms. The molecule has 1 unspecified atom stereocenters. The van der Waals surface area contributed by atoms with Crippen LogP contribution in [0.2, 0.25) is 0 Å². The highest BCUT2D eigenvalue weighted by atomic mass is 19.1. The van der Waals surface area contributed by atoms with E-state index in [1.165, 1.54) is 12.1 Å². The number of likely N-dealkylation sites (N-methyl/N-ethyl adjacent to an activating group) is 1. The molecule has 134 valence electrons. The van der Waals surface area contributed by atoms with Crippen molar-refractivity contribution in [3.05, 3.63) is 53.3 Å². The van der Waals surface area contributed by atoms with Crippen LogP contribution in [0.15, 0.2) is 36.4 Å². The maximum Gasteiger partial charge on any atom is 0.231 e. The Morgan fingerprint density at radius 3 is 2.88 bits per heavy atom. The number of carbonyl (C=O) groups excluding carboxylic acids is 2. The van der Waals surface area contributed by atoms with Crippen molar-refractivity contribution in [2.24, 2.45) is 0 Å². The van der Waals surface area contributed by atoms with Crippen molar-refractivity contribution in [2.75, 3.05) is 19.2 Å². The van der Waals surface area contributed by atoms with Crippen LogP contribution in [0.5, 0.6) is 11.5 Å². The van der Waals surface area contributed by atoms with Crippen molar-refractivity contribution in [2.45, 2.75) is 18.9 Å². The number of anilines is 1. The maximum atomic E-state index is 13.4. The fourth-order valence-electron chi connectivity index (χ4n) is 3.31. The summed E-state index contributed by atoms with van der Waals surface area (Å²) in [6, 6.07) is 9.61. The van der Waals surface area contributed by atoms with Crippen LogP contribution < -0.4 is 14.8 Å². The minimum Gasteiger partial charge on any atom is -0.454 e. The third kappa shape index (κ3) is 2.96. The van der Waals surface area contributed by atoms with Gasteiger partial charge in [-0.05, 0) is 35.4 Å². The van der Waals surface area contributed by atoms with Crippen LogP contribution in [0.3, 0.4) is 0 Å². The van der Waals surface area contributed by atoms with Gasteiger partial charge in [0, 0.05) is 25.7 Å². The summed E-state index contributed by atoms with van der Waals surface area (Å²) in [6.45, 7) is 0.558. The number of rotatable bonds is 3. The van der Waals surface area contributed by atoms with E-state index in [-0.39, 0.29) is 25.0 Å². The molecule has 1 atom stereocenters. The van der Waals surface area contributed by atoms with E-state index in [9.17, 15) is 14.0 Å². The molecule has 0 aromatic heterocycles. The average molecular weight is 356 g/mol. The first-order valence-corrected chi connectivity index (χ1v) is 8.24. The fraction of sp³-hybridized carbons (Fsp3) is 0.263. The Morgan fingerprint density at radius 2 is 2.04 bits per heavy atom. The second-order valence-corrected chi connectivity index (χ2v) is 6.42. The molecule has 0 saturated carbocycles. The van der Waals surface area contributed by atoms with Crippen LogP contribution in [0.4, 0.5) is 10.1 Å². The van der Waals surface area contributed by atoms with E-state index in [4.69, 9.17) is 9.47 Å². The monoisotopic (exact) mass is 356 g/mol. The molecule has 0 fully saturated rings. The lowest BCUT2D eigenvalue weighted by atomic mass is 9.89. The van der Waals surface area contributed by atoms with Crippen molar-refractivity contribution in [3.63, 3.8) is 0 Å². The van der Waals surface area contributed by atoms with Crippen molar-refractivity contribution >= 4 is 17.5 Å². The molecule has 2 amide bonds. The highest BCUT2D eigenvalue weighted by Gasteiger charge is 2.32. The van der Waals surface area contributed by atoms with Gasteiger partial charge in [0.05, 0.1) is 5.92 Å². The van der Waals surface area contributed by atoms with Gasteiger partial charge in [-0.15, -0.1) is 0 Å². The van der Waals surface area contributed by atoms with Crippen molar-refractivity contribution in [1.29, 1.82) is 0 Å². The number of halogens is 1. The van der Waals surface area contributed by atoms with Crippen LogP contribution in [-0.4, -0.2) is 30.6 Å². The van der Waals surface area contributed by atoms with E-state index in [1.54, 1.807) is 18.0 Å². The van der Waals surface area contributed by atoms with Crippen LogP contribution >= 0.6 is 0 Å². The van der Waals surface area contributed by atoms with Crippen molar-refractivity contribution in [1.82, 2.24) is 4.90 Å². The Morgan fingerprint density at radius 1 is 1.23 bits per heavy atom. The normalized spacial score (nSPS) is 17.5. The number of benzene rings is 2. The number of fused-ring (bicyclic) bond motifs is 2. The van der Waals surface area contributed by atoms with Gasteiger partial charge in [-0.2, -0.15) is 0 Å². The van der Waals surface area contributed by atoms with Crippen LogP contribution in [0.25, 0.3) is 0 Å². The summed E-state index contributed by atoms with van der Waals surface area (Å²) in [5, 5.41) is 2.62. The largest absolute Gasteiger partial charge is 0.454 e. The molecular formula is C19H17FN2O4. The second kappa shape index (κ2) is 6.33. The van der Waals surface area contributed by atoms with Crippen LogP contribution in [0, 0.1) is 5.82 Å². The molecular weight excluding hydrogens is 339 g/mol. The number of nitrogens with zero attached hydrogens (tertiary/aromatic N) is 1. The van der Waals surface area contributed by atoms with Crippen LogP contribution in [0.1, 0.15) is 23.5 Å². The number of ether oxygens (including phenoxy) is 2. The first-order valence-electron chi connectivity index (χ1n) is 8.24. The molecule has 0 aliphatic carbocycles. The fourth-order valence-corrected chi connectivity index (χ4v) is 3.31. The van der Waals surface area contributed by atoms with Gasteiger partial charge in [0.25, 0.3) is 0 Å². The van der Waals surface area contributed by atoms with Crippen LogP contribution in [-0.2, 0) is 16.1 Å². The van der Waals surface area contributed by atoms with Gasteiger partial charge in [-0.25, -0.2) is 4.39 Å². The molecule has 2 heterocycles. The zero-order valence-corrected chi connectivity index (χ0v) is 14.1. The summed E-state index contributed by atoms with van der Waals surface area (Å²) in [6.07, 6.45) is 0.0446. The highest BCUT2D eigenvalue weighted by molar-refractivity contribution is 6.01. The smallest absolute Gasteiger partial charge is 0.231 e. The maximum absolute atomic E-state index is 13.4. The Balaban J connectivity index is 1.55. The summed E-state index contributed by atoms with van der Waals surface area (Å²) >= 11 is 0. The third-order valence-electron chi connectivity index (χ3n) is 4.59. The average Bonchev–Trinajstić information content (AvgIpc) is 3.07. The number of carbonyl (C=O) groups is 2. The third-order valence-corrected chi connectivity index (χ3v) is 4.59. The highest BCUT2D eigenvalue weighted by Crippen LogP contribution is 2.35. The molecule has 0 radical (unpaired) electrons. The summed E-state index contributed by atoms with van der Waals surface area (Å²) in [4.78, 5) is 26.4. The standard InChI is InChI=1S/C19H17FN2O4/c1-22(9-11-2-5-16-17(6-11)26-10-25-16)19(24)14-8-18(23)21-15-7-12(20)3-4-13(14)15/h2-7,14H,8-10H2,1H3,(H,21,23). The minimum absolute atomic E-state index is 0.0446. The summed E-state index contributed by atoms with van der Waals surface area (Å²) in [7, 11) is 1.68. The van der Waals surface area contributed by atoms with Gasteiger partial charge in [-0.3, -0.25) is 9.59 Å². The predicted molar refractivity (Wildman–Crippen MR) is 91.4 cm³/mol. The molecule has 2 aliphatic rings. The van der Waals surface area contributed by atoms with E-state index in [2.05, 4.69) is 5.32 Å². The lowest BCUT2D eigenvalue weighted by molar-refractivity contribution is -0.134. The Bertz CT molecular complexity index is 899. The molecule has 2 aromatic rings. The molecule has 2 aromatic carbocycles. The minimum atomic E-state index is -0.627. The molecule has 0 bridgehead atoms. The molecule has 6 nitrogen and oxygen atoms in total. The molecule has 2 aliphatic heterocycles. The number of amides is 2. The first-order chi connectivity index (χ1) is 12.5. The van der Waals surface area contributed by atoms with E-state index in [1.807, 2.05) is 18.2 Å². The molecule has 4 rings (SSSR count). The predicted octanol–water partition coefficient (Wildman–Crippen LogP) is 2.64. The molecule has 1 N–H and O–H groups in total. The number of hydrogen-bond donors (Lipinski definition) is 1. The van der Waals surface area contributed by atoms with Gasteiger partial charge >= 0.3 is 0 Å². The van der Waals surface area contributed by atoms with E-state index < -0.39 is 11.7 Å². The Labute approximate surface area is 149 Å². The lowest BCUT2D eigenvalue weighted by Gasteiger charge is -2.28. The topological polar surface area (TPSA) is 67.9 Å². The van der Waals surface area contributed by atoms with Crippen molar-refractivity contribution < 1.29 is 23.5 Å². The zero-order chi connectivity index (χ0) is 18.3. The van der Waals surface area contributed by atoms with Gasteiger partial charge in [-0.1, -0.05) is 12.1 Å². The van der Waals surface area contributed by atoms with E-state index in [0.29, 0.717) is 29.3 Å². The van der Waals surface area contributed by atoms with Gasteiger partial charge in [0.1, 0.15) is 5.82 Å². The second-order valence-electron chi connectivity index (χ2n) is 6.42. The Hall–Kier alpha value is -3.09. The van der Waals surface area contributed by atoms with Gasteiger partial charge < -0.3 is 19.7 Å². The first kappa shape index (κ1) is 16.4. The molecule has 0 spiro atoms.